The van der Waals surface area contributed by atoms with Crippen LogP contribution in [0, 0.1) is 16.0 Å². The summed E-state index contributed by atoms with van der Waals surface area (Å²) in [4.78, 5) is 22.0. The summed E-state index contributed by atoms with van der Waals surface area (Å²) in [5, 5.41) is 22.8. The SMILES string of the molecule is C[C@@H]1CCCC[C@H]1OCCNC(=O)c1ccc(O)c([N+](=O)[O-])c1. The zero-order valence-corrected chi connectivity index (χ0v) is 13.2. The lowest BCUT2D eigenvalue weighted by Gasteiger charge is -2.28. The van der Waals surface area contributed by atoms with E-state index in [0.29, 0.717) is 19.1 Å². The lowest BCUT2D eigenvalue weighted by molar-refractivity contribution is -0.385. The van der Waals surface area contributed by atoms with Crippen molar-refractivity contribution in [3.63, 3.8) is 0 Å². The highest BCUT2D eigenvalue weighted by Gasteiger charge is 2.21. The van der Waals surface area contributed by atoms with E-state index in [1.54, 1.807) is 0 Å². The highest BCUT2D eigenvalue weighted by Crippen LogP contribution is 2.27. The number of aromatic hydroxyl groups is 1. The fourth-order valence-electron chi connectivity index (χ4n) is 2.82. The molecule has 1 fully saturated rings. The van der Waals surface area contributed by atoms with Crippen LogP contribution >= 0.6 is 0 Å². The quantitative estimate of drug-likeness (QED) is 0.476. The Morgan fingerprint density at radius 2 is 2.17 bits per heavy atom. The Labute approximate surface area is 134 Å². The molecular weight excluding hydrogens is 300 g/mol. The van der Waals surface area contributed by atoms with Crippen LogP contribution in [0.15, 0.2) is 18.2 Å². The fraction of sp³-hybridized carbons (Fsp3) is 0.562. The predicted octanol–water partition coefficient (Wildman–Crippen LogP) is 2.63. The summed E-state index contributed by atoms with van der Waals surface area (Å²) in [5.41, 5.74) is -0.342. The topological polar surface area (TPSA) is 102 Å². The van der Waals surface area contributed by atoms with Crippen molar-refractivity contribution in [2.24, 2.45) is 5.92 Å². The molecule has 7 nitrogen and oxygen atoms in total. The largest absolute Gasteiger partial charge is 0.502 e. The monoisotopic (exact) mass is 322 g/mol. The molecule has 7 heteroatoms. The van der Waals surface area contributed by atoms with Crippen molar-refractivity contribution < 1.29 is 19.6 Å². The van der Waals surface area contributed by atoms with E-state index in [9.17, 15) is 20.0 Å². The minimum Gasteiger partial charge on any atom is -0.502 e. The van der Waals surface area contributed by atoms with Gasteiger partial charge in [0, 0.05) is 18.2 Å². The molecule has 1 aliphatic carbocycles. The smallest absolute Gasteiger partial charge is 0.311 e. The van der Waals surface area contributed by atoms with Crippen LogP contribution in [0.1, 0.15) is 43.0 Å². The van der Waals surface area contributed by atoms with Gasteiger partial charge in [-0.25, -0.2) is 0 Å². The van der Waals surface area contributed by atoms with Crippen molar-refractivity contribution in [1.29, 1.82) is 0 Å². The molecule has 0 bridgehead atoms. The van der Waals surface area contributed by atoms with Gasteiger partial charge in [0.05, 0.1) is 17.6 Å². The minimum atomic E-state index is -0.723. The molecule has 126 valence electrons. The van der Waals surface area contributed by atoms with Gasteiger partial charge in [0.1, 0.15) is 0 Å². The van der Waals surface area contributed by atoms with E-state index >= 15 is 0 Å². The number of nitrogens with one attached hydrogen (secondary N) is 1. The van der Waals surface area contributed by atoms with Gasteiger partial charge in [-0.3, -0.25) is 14.9 Å². The molecule has 1 amide bonds. The number of hydrogen-bond donors (Lipinski definition) is 2. The summed E-state index contributed by atoms with van der Waals surface area (Å²) in [6.45, 7) is 2.94. The minimum absolute atomic E-state index is 0.139. The summed E-state index contributed by atoms with van der Waals surface area (Å²) in [6.07, 6.45) is 4.90. The van der Waals surface area contributed by atoms with E-state index < -0.39 is 22.3 Å². The Morgan fingerprint density at radius 3 is 2.87 bits per heavy atom. The summed E-state index contributed by atoms with van der Waals surface area (Å²) in [7, 11) is 0. The van der Waals surface area contributed by atoms with E-state index in [0.717, 1.165) is 18.6 Å². The maximum absolute atomic E-state index is 12.0. The number of phenols is 1. The van der Waals surface area contributed by atoms with E-state index in [2.05, 4.69) is 12.2 Å². The van der Waals surface area contributed by atoms with Crippen molar-refractivity contribution in [3.05, 3.63) is 33.9 Å². The third-order valence-corrected chi connectivity index (χ3v) is 4.19. The van der Waals surface area contributed by atoms with E-state index in [-0.39, 0.29) is 11.7 Å². The van der Waals surface area contributed by atoms with Crippen LogP contribution in [0.4, 0.5) is 5.69 Å². The predicted molar refractivity (Wildman–Crippen MR) is 84.5 cm³/mol. The second-order valence-electron chi connectivity index (χ2n) is 5.89. The molecule has 2 N–H and O–H groups in total. The van der Waals surface area contributed by atoms with Gasteiger partial charge in [0.15, 0.2) is 5.75 Å². The van der Waals surface area contributed by atoms with Gasteiger partial charge in [-0.15, -0.1) is 0 Å². The Kier molecular flexibility index (Phi) is 5.92. The van der Waals surface area contributed by atoms with Gasteiger partial charge < -0.3 is 15.2 Å². The first-order valence-corrected chi connectivity index (χ1v) is 7.86. The lowest BCUT2D eigenvalue weighted by atomic mass is 9.88. The first-order chi connectivity index (χ1) is 11.0. The van der Waals surface area contributed by atoms with Crippen molar-refractivity contribution in [2.75, 3.05) is 13.2 Å². The molecule has 2 atom stereocenters. The molecule has 0 aliphatic heterocycles. The Morgan fingerprint density at radius 1 is 1.43 bits per heavy atom. The third kappa shape index (κ3) is 4.66. The number of carbonyl (C=O) groups is 1. The van der Waals surface area contributed by atoms with Gasteiger partial charge in [0.2, 0.25) is 0 Å². The number of amides is 1. The molecule has 23 heavy (non-hydrogen) atoms. The van der Waals surface area contributed by atoms with Crippen LogP contribution in [-0.4, -0.2) is 35.2 Å². The van der Waals surface area contributed by atoms with E-state index in [1.807, 2.05) is 0 Å². The van der Waals surface area contributed by atoms with Crippen molar-refractivity contribution in [1.82, 2.24) is 5.32 Å². The van der Waals surface area contributed by atoms with Crippen molar-refractivity contribution in [3.8, 4) is 5.75 Å². The number of hydrogen-bond acceptors (Lipinski definition) is 5. The van der Waals surface area contributed by atoms with Gasteiger partial charge >= 0.3 is 5.69 Å². The molecule has 1 saturated carbocycles. The highest BCUT2D eigenvalue weighted by molar-refractivity contribution is 5.95. The van der Waals surface area contributed by atoms with Gasteiger partial charge in [-0.1, -0.05) is 19.8 Å². The maximum atomic E-state index is 12.0. The number of benzene rings is 1. The van der Waals surface area contributed by atoms with Gasteiger partial charge in [-0.05, 0) is 30.9 Å². The maximum Gasteiger partial charge on any atom is 0.311 e. The van der Waals surface area contributed by atoms with Crippen LogP contribution in [0.5, 0.6) is 5.75 Å². The van der Waals surface area contributed by atoms with Crippen molar-refractivity contribution >= 4 is 11.6 Å². The Hall–Kier alpha value is -2.15. The highest BCUT2D eigenvalue weighted by atomic mass is 16.6. The van der Waals surface area contributed by atoms with Gasteiger partial charge in [0.25, 0.3) is 5.91 Å². The average Bonchev–Trinajstić information content (AvgIpc) is 2.53. The van der Waals surface area contributed by atoms with E-state index in [1.165, 1.54) is 25.3 Å². The second-order valence-corrected chi connectivity index (χ2v) is 5.89. The molecule has 0 unspecified atom stereocenters. The van der Waals surface area contributed by atoms with Crippen LogP contribution in [0.25, 0.3) is 0 Å². The zero-order chi connectivity index (χ0) is 16.8. The lowest BCUT2D eigenvalue weighted by Crippen LogP contribution is -2.31. The fourth-order valence-corrected chi connectivity index (χ4v) is 2.82. The standard InChI is InChI=1S/C16H22N2O5/c1-11-4-2-3-5-15(11)23-9-8-17-16(20)12-6-7-14(19)13(10-12)18(21)22/h6-7,10-11,15,19H,2-5,8-9H2,1H3,(H,17,20)/t11-,15-/m1/s1. The zero-order valence-electron chi connectivity index (χ0n) is 13.2. The summed E-state index contributed by atoms with van der Waals surface area (Å²) < 4.78 is 5.80. The number of rotatable bonds is 6. The molecule has 2 rings (SSSR count). The number of phenolic OH excluding ortho intramolecular Hbond substituents is 1. The Balaban J connectivity index is 1.81. The molecule has 0 spiro atoms. The molecule has 1 aromatic rings. The summed E-state index contributed by atoms with van der Waals surface area (Å²) in [6, 6.07) is 3.56. The summed E-state index contributed by atoms with van der Waals surface area (Å²) >= 11 is 0. The number of carbonyl (C=O) groups excluding carboxylic acids is 1. The van der Waals surface area contributed by atoms with E-state index in [4.69, 9.17) is 4.74 Å². The van der Waals surface area contributed by atoms with Crippen LogP contribution < -0.4 is 5.32 Å². The molecule has 0 aromatic heterocycles. The molecule has 1 aromatic carbocycles. The number of nitro benzene ring substituents is 1. The van der Waals surface area contributed by atoms with Crippen LogP contribution in [0.3, 0.4) is 0 Å². The second kappa shape index (κ2) is 7.92. The molecule has 0 heterocycles. The number of nitrogens with zero attached hydrogens (tertiary/aromatic N) is 1. The Bertz CT molecular complexity index is 576. The van der Waals surface area contributed by atoms with Crippen molar-refractivity contribution in [2.45, 2.75) is 38.7 Å². The number of ether oxygens (including phenoxy) is 1. The first-order valence-electron chi connectivity index (χ1n) is 7.86. The third-order valence-electron chi connectivity index (χ3n) is 4.19. The first kappa shape index (κ1) is 17.2. The molecular formula is C16H22N2O5. The number of nitro groups is 1. The van der Waals surface area contributed by atoms with Crippen LogP contribution in [0.2, 0.25) is 0 Å². The van der Waals surface area contributed by atoms with Gasteiger partial charge in [-0.2, -0.15) is 0 Å². The molecule has 0 saturated heterocycles. The van der Waals surface area contributed by atoms with Crippen LogP contribution in [-0.2, 0) is 4.74 Å². The molecule has 0 radical (unpaired) electrons. The summed E-state index contributed by atoms with van der Waals surface area (Å²) in [5.74, 6) is -0.339. The normalized spacial score (nSPS) is 20.9. The molecule has 1 aliphatic rings. The average molecular weight is 322 g/mol.